The van der Waals surface area contributed by atoms with Crippen LogP contribution in [-0.2, 0) is 30.6 Å². The normalized spacial score (nSPS) is 12.9. The monoisotopic (exact) mass is 506 g/mol. The van der Waals surface area contributed by atoms with Gasteiger partial charge in [0.05, 0.1) is 25.2 Å². The molecule has 1 aliphatic heterocycles. The van der Waals surface area contributed by atoms with Crippen LogP contribution >= 0.6 is 0 Å². The van der Waals surface area contributed by atoms with Crippen molar-refractivity contribution in [3.05, 3.63) is 80.9 Å². The maximum absolute atomic E-state index is 13.3. The molecule has 0 bridgehead atoms. The number of nitrogens with zero attached hydrogens (tertiary/aromatic N) is 3. The number of carbonyl (C=O) groups is 3. The Morgan fingerprint density at radius 1 is 1.14 bits per heavy atom. The highest BCUT2D eigenvalue weighted by Gasteiger charge is 2.35. The summed E-state index contributed by atoms with van der Waals surface area (Å²) in [5.41, 5.74) is -2.22. The lowest BCUT2D eigenvalue weighted by molar-refractivity contribution is -0.138. The van der Waals surface area contributed by atoms with Gasteiger partial charge in [0.1, 0.15) is 24.1 Å². The van der Waals surface area contributed by atoms with Crippen molar-refractivity contribution in [3.8, 4) is 5.75 Å². The minimum atomic E-state index is -4.56. The number of aromatic hydroxyl groups is 1. The summed E-state index contributed by atoms with van der Waals surface area (Å²) in [5, 5.41) is 21.6. The summed E-state index contributed by atoms with van der Waals surface area (Å²) < 4.78 is 44.6. The van der Waals surface area contributed by atoms with Crippen LogP contribution in [0.3, 0.4) is 0 Å². The molecule has 0 radical (unpaired) electrons. The molecule has 0 atom stereocenters. The number of carboxylic acids is 1. The van der Waals surface area contributed by atoms with Crippen LogP contribution in [-0.4, -0.2) is 49.0 Å². The molecule has 0 saturated heterocycles. The fourth-order valence-electron chi connectivity index (χ4n) is 3.81. The summed E-state index contributed by atoms with van der Waals surface area (Å²) in [6, 6.07) is 3.99. The molecule has 0 unspecified atom stereocenters. The summed E-state index contributed by atoms with van der Waals surface area (Å²) in [5.74, 6) is -3.87. The Bertz CT molecular complexity index is 1400. The van der Waals surface area contributed by atoms with Gasteiger partial charge in [-0.1, -0.05) is 12.1 Å². The Kier molecular flexibility index (Phi) is 6.26. The molecule has 188 valence electrons. The number of hydrogen-bond acceptors (Lipinski definition) is 7. The average molecular weight is 506 g/mol. The van der Waals surface area contributed by atoms with Gasteiger partial charge in [0.25, 0.3) is 17.4 Å². The van der Waals surface area contributed by atoms with Gasteiger partial charge < -0.3 is 29.4 Å². The van der Waals surface area contributed by atoms with Gasteiger partial charge in [0, 0.05) is 11.3 Å². The van der Waals surface area contributed by atoms with Gasteiger partial charge in [-0.05, 0) is 17.7 Å². The van der Waals surface area contributed by atoms with E-state index in [1.807, 2.05) is 5.32 Å². The zero-order valence-corrected chi connectivity index (χ0v) is 18.2. The molecular weight excluding hydrogens is 489 g/mol. The minimum absolute atomic E-state index is 0.0432. The summed E-state index contributed by atoms with van der Waals surface area (Å²) in [7, 11) is 0. The predicted octanol–water partition coefficient (Wildman–Crippen LogP) is 1.58. The van der Waals surface area contributed by atoms with E-state index in [0.717, 1.165) is 41.5 Å². The average Bonchev–Trinajstić information content (AvgIpc) is 3.50. The zero-order valence-electron chi connectivity index (χ0n) is 18.2. The first kappa shape index (κ1) is 24.5. The Morgan fingerprint density at radius 2 is 1.83 bits per heavy atom. The van der Waals surface area contributed by atoms with Gasteiger partial charge in [-0.2, -0.15) is 13.2 Å². The van der Waals surface area contributed by atoms with Gasteiger partial charge in [-0.25, -0.2) is 4.98 Å². The molecular formula is C22H17F3N4O7. The lowest BCUT2D eigenvalue weighted by Crippen LogP contribution is -2.37. The standard InChI is InChI=1S/C22H17F3N4O7/c23-22(24,25)12-3-1-11(2-4-12)6-29-15-8-28(20(34)14-9-36-10-27-14)7-13(15)18(32)17(21(29)35)19(33)26-5-16(30)31/h1-4,9-10,32H,5-8H2,(H,26,33)(H,30,31). The highest BCUT2D eigenvalue weighted by Crippen LogP contribution is 2.33. The molecule has 0 spiro atoms. The molecule has 1 aromatic carbocycles. The van der Waals surface area contributed by atoms with Crippen molar-refractivity contribution in [3.63, 3.8) is 0 Å². The number of halogens is 3. The topological polar surface area (TPSA) is 155 Å². The Labute approximate surface area is 199 Å². The van der Waals surface area contributed by atoms with Crippen LogP contribution in [0.1, 0.15) is 43.2 Å². The molecule has 3 N–H and O–H groups in total. The molecule has 3 heterocycles. The fourth-order valence-corrected chi connectivity index (χ4v) is 3.81. The number of fused-ring (bicyclic) bond motifs is 1. The second-order valence-corrected chi connectivity index (χ2v) is 7.85. The van der Waals surface area contributed by atoms with Gasteiger partial charge in [0.15, 0.2) is 12.1 Å². The Hall–Kier alpha value is -4.62. The number of benzene rings is 1. The Morgan fingerprint density at radius 3 is 2.42 bits per heavy atom. The number of oxazole rings is 1. The third-order valence-electron chi connectivity index (χ3n) is 5.53. The quantitative estimate of drug-likeness (QED) is 0.455. The maximum atomic E-state index is 13.3. The molecule has 0 fully saturated rings. The highest BCUT2D eigenvalue weighted by atomic mass is 19.4. The lowest BCUT2D eigenvalue weighted by atomic mass is 10.1. The number of carboxylic acid groups (broad SMARTS) is 1. The molecule has 2 aromatic heterocycles. The van der Waals surface area contributed by atoms with E-state index in [-0.39, 0.29) is 42.1 Å². The van der Waals surface area contributed by atoms with E-state index in [4.69, 9.17) is 9.52 Å². The van der Waals surface area contributed by atoms with Crippen molar-refractivity contribution in [1.82, 2.24) is 19.8 Å². The van der Waals surface area contributed by atoms with E-state index in [1.54, 1.807) is 0 Å². The van der Waals surface area contributed by atoms with E-state index < -0.39 is 52.9 Å². The van der Waals surface area contributed by atoms with Crippen molar-refractivity contribution < 1.29 is 42.2 Å². The maximum Gasteiger partial charge on any atom is 0.416 e. The third kappa shape index (κ3) is 4.64. The second kappa shape index (κ2) is 9.20. The molecule has 11 nitrogen and oxygen atoms in total. The number of amides is 2. The van der Waals surface area contributed by atoms with Crippen molar-refractivity contribution in [2.45, 2.75) is 25.8 Å². The predicted molar refractivity (Wildman–Crippen MR) is 113 cm³/mol. The number of hydrogen-bond donors (Lipinski definition) is 3. The summed E-state index contributed by atoms with van der Waals surface area (Å²) in [6.45, 7) is -1.52. The van der Waals surface area contributed by atoms with Crippen molar-refractivity contribution in [2.75, 3.05) is 6.54 Å². The van der Waals surface area contributed by atoms with Crippen LogP contribution in [0.15, 0.2) is 46.1 Å². The third-order valence-corrected chi connectivity index (χ3v) is 5.53. The van der Waals surface area contributed by atoms with Gasteiger partial charge in [0.2, 0.25) is 0 Å². The van der Waals surface area contributed by atoms with E-state index >= 15 is 0 Å². The molecule has 2 amide bonds. The second-order valence-electron chi connectivity index (χ2n) is 7.85. The van der Waals surface area contributed by atoms with E-state index in [9.17, 15) is 37.5 Å². The fraction of sp³-hybridized carbons (Fsp3) is 0.227. The SMILES string of the molecule is O=C(O)CNC(=O)c1c(O)c2c(n(Cc3ccc(C(F)(F)F)cc3)c1=O)CN(C(=O)c1cocn1)C2. The number of alkyl halides is 3. The van der Waals surface area contributed by atoms with Crippen LogP contribution in [0.4, 0.5) is 13.2 Å². The van der Waals surface area contributed by atoms with Crippen molar-refractivity contribution >= 4 is 17.8 Å². The summed E-state index contributed by atoms with van der Waals surface area (Å²) in [4.78, 5) is 54.4. The first-order chi connectivity index (χ1) is 17.0. The van der Waals surface area contributed by atoms with Gasteiger partial charge >= 0.3 is 12.1 Å². The van der Waals surface area contributed by atoms with Crippen molar-refractivity contribution in [1.29, 1.82) is 0 Å². The van der Waals surface area contributed by atoms with Crippen LogP contribution < -0.4 is 10.9 Å². The Balaban J connectivity index is 1.77. The smallest absolute Gasteiger partial charge is 0.416 e. The van der Waals surface area contributed by atoms with Gasteiger partial charge in [-0.15, -0.1) is 0 Å². The van der Waals surface area contributed by atoms with E-state index in [1.165, 1.54) is 4.90 Å². The molecule has 1 aliphatic rings. The van der Waals surface area contributed by atoms with Crippen LogP contribution in [0, 0.1) is 0 Å². The van der Waals surface area contributed by atoms with E-state index in [0.29, 0.717) is 0 Å². The molecule has 14 heteroatoms. The number of nitrogens with one attached hydrogen (secondary N) is 1. The lowest BCUT2D eigenvalue weighted by Gasteiger charge is -2.16. The first-order valence-electron chi connectivity index (χ1n) is 10.3. The summed E-state index contributed by atoms with van der Waals surface area (Å²) >= 11 is 0. The first-order valence-corrected chi connectivity index (χ1v) is 10.3. The molecule has 0 aliphatic carbocycles. The van der Waals surface area contributed by atoms with Crippen LogP contribution in [0.25, 0.3) is 0 Å². The van der Waals surface area contributed by atoms with Crippen LogP contribution in [0.2, 0.25) is 0 Å². The summed E-state index contributed by atoms with van der Waals surface area (Å²) in [6.07, 6.45) is -2.42. The number of carbonyl (C=O) groups excluding carboxylic acids is 2. The highest BCUT2D eigenvalue weighted by molar-refractivity contribution is 5.98. The largest absolute Gasteiger partial charge is 0.506 e. The molecule has 36 heavy (non-hydrogen) atoms. The molecule has 0 saturated carbocycles. The van der Waals surface area contributed by atoms with Gasteiger partial charge in [-0.3, -0.25) is 19.2 Å². The zero-order chi connectivity index (χ0) is 26.2. The van der Waals surface area contributed by atoms with Crippen LogP contribution in [0.5, 0.6) is 5.75 Å². The number of pyridine rings is 1. The number of aliphatic carboxylic acids is 1. The number of aromatic nitrogens is 2. The molecule has 4 rings (SSSR count). The minimum Gasteiger partial charge on any atom is -0.506 e. The number of rotatable bonds is 6. The molecule has 3 aromatic rings. The van der Waals surface area contributed by atoms with Crippen molar-refractivity contribution in [2.24, 2.45) is 0 Å². The van der Waals surface area contributed by atoms with E-state index in [2.05, 4.69) is 4.98 Å².